The Morgan fingerprint density at radius 2 is 2.07 bits per heavy atom. The highest BCUT2D eigenvalue weighted by atomic mass is 16.5. The first-order valence-corrected chi connectivity index (χ1v) is 4.59. The fraction of sp³-hybridized carbons (Fsp3) is 0.167. The molecule has 0 spiro atoms. The molecule has 78 valence electrons. The zero-order valence-electron chi connectivity index (χ0n) is 8.69. The summed E-state index contributed by atoms with van der Waals surface area (Å²) in [5.74, 6) is -0.116. The van der Waals surface area contributed by atoms with Crippen LogP contribution in [-0.4, -0.2) is 11.8 Å². The van der Waals surface area contributed by atoms with E-state index in [2.05, 4.69) is 0 Å². The van der Waals surface area contributed by atoms with Gasteiger partial charge in [0, 0.05) is 12.5 Å². The van der Waals surface area contributed by atoms with E-state index < -0.39 is 5.97 Å². The van der Waals surface area contributed by atoms with Gasteiger partial charge in [0.15, 0.2) is 5.78 Å². The summed E-state index contributed by atoms with van der Waals surface area (Å²) in [7, 11) is 0. The molecule has 0 saturated carbocycles. The number of hydrogen-bond acceptors (Lipinski definition) is 3. The van der Waals surface area contributed by atoms with Crippen LogP contribution in [0, 0.1) is 0 Å². The van der Waals surface area contributed by atoms with Crippen LogP contribution in [0.5, 0.6) is 5.75 Å². The minimum Gasteiger partial charge on any atom is -0.427 e. The van der Waals surface area contributed by atoms with Crippen LogP contribution in [0.2, 0.25) is 0 Å². The van der Waals surface area contributed by atoms with Crippen molar-refractivity contribution in [3.63, 3.8) is 0 Å². The van der Waals surface area contributed by atoms with Crippen LogP contribution >= 0.6 is 0 Å². The van der Waals surface area contributed by atoms with Crippen LogP contribution in [-0.2, 0) is 4.79 Å². The Morgan fingerprint density at radius 1 is 1.33 bits per heavy atom. The number of carbonyl (C=O) groups excluding carboxylic acids is 2. The number of hydrogen-bond donors (Lipinski definition) is 0. The summed E-state index contributed by atoms with van der Waals surface area (Å²) in [6.45, 7) is 3.09. The summed E-state index contributed by atoms with van der Waals surface area (Å²) >= 11 is 0. The molecular formula is C12H12O3. The molecule has 0 N–H and O–H groups in total. The highest BCUT2D eigenvalue weighted by Crippen LogP contribution is 2.14. The Morgan fingerprint density at radius 3 is 2.67 bits per heavy atom. The molecule has 0 bridgehead atoms. The predicted molar refractivity (Wildman–Crippen MR) is 56.9 cm³/mol. The number of ketones is 1. The summed E-state index contributed by atoms with van der Waals surface area (Å²) in [5, 5.41) is 0. The molecule has 1 aromatic rings. The van der Waals surface area contributed by atoms with Gasteiger partial charge >= 0.3 is 5.97 Å². The van der Waals surface area contributed by atoms with Crippen molar-refractivity contribution in [3.05, 3.63) is 42.0 Å². The second-order valence-corrected chi connectivity index (χ2v) is 2.99. The molecule has 15 heavy (non-hydrogen) atoms. The van der Waals surface area contributed by atoms with Crippen molar-refractivity contribution in [3.8, 4) is 5.75 Å². The maximum absolute atomic E-state index is 11.5. The molecule has 0 fully saturated rings. The quantitative estimate of drug-likeness (QED) is 0.328. The summed E-state index contributed by atoms with van der Waals surface area (Å²) in [4.78, 5) is 22.2. The minimum absolute atomic E-state index is 0.105. The van der Waals surface area contributed by atoms with Crippen LogP contribution in [0.25, 0.3) is 0 Å². The molecule has 0 unspecified atom stereocenters. The summed E-state index contributed by atoms with van der Waals surface area (Å²) in [6.07, 6.45) is 3.13. The van der Waals surface area contributed by atoms with Crippen molar-refractivity contribution < 1.29 is 14.3 Å². The van der Waals surface area contributed by atoms with Crippen molar-refractivity contribution in [2.45, 2.75) is 13.8 Å². The van der Waals surface area contributed by atoms with Crippen molar-refractivity contribution in [1.29, 1.82) is 0 Å². The van der Waals surface area contributed by atoms with Gasteiger partial charge in [0.05, 0.1) is 0 Å². The van der Waals surface area contributed by atoms with Gasteiger partial charge in [0.1, 0.15) is 5.75 Å². The number of rotatable bonds is 3. The number of benzene rings is 1. The largest absolute Gasteiger partial charge is 0.427 e. The molecule has 0 amide bonds. The van der Waals surface area contributed by atoms with Gasteiger partial charge in [-0.1, -0.05) is 18.2 Å². The first kappa shape index (κ1) is 11.2. The Balaban J connectivity index is 2.92. The molecule has 1 aromatic carbocycles. The van der Waals surface area contributed by atoms with Crippen LogP contribution in [0.3, 0.4) is 0 Å². The summed E-state index contributed by atoms with van der Waals surface area (Å²) in [5.41, 5.74) is 0.506. The average Bonchev–Trinajstić information content (AvgIpc) is 2.17. The molecule has 1 rings (SSSR count). The third-order valence-corrected chi connectivity index (χ3v) is 1.70. The number of ether oxygens (including phenoxy) is 1. The van der Waals surface area contributed by atoms with E-state index in [1.165, 1.54) is 13.0 Å². The van der Waals surface area contributed by atoms with Gasteiger partial charge in [-0.2, -0.15) is 0 Å². The van der Waals surface area contributed by atoms with Gasteiger partial charge in [-0.3, -0.25) is 9.59 Å². The van der Waals surface area contributed by atoms with E-state index in [9.17, 15) is 9.59 Å². The lowest BCUT2D eigenvalue weighted by atomic mass is 10.1. The minimum atomic E-state index is -0.398. The van der Waals surface area contributed by atoms with Gasteiger partial charge in [0.2, 0.25) is 0 Å². The molecule has 3 nitrogen and oxygen atoms in total. The second-order valence-electron chi connectivity index (χ2n) is 2.99. The highest BCUT2D eigenvalue weighted by molar-refractivity contribution is 6.04. The van der Waals surface area contributed by atoms with E-state index in [4.69, 9.17) is 4.74 Å². The van der Waals surface area contributed by atoms with E-state index in [0.29, 0.717) is 11.3 Å². The first-order chi connectivity index (χ1) is 7.13. The van der Waals surface area contributed by atoms with Gasteiger partial charge < -0.3 is 4.74 Å². The van der Waals surface area contributed by atoms with Crippen molar-refractivity contribution in [1.82, 2.24) is 0 Å². The Bertz CT molecular complexity index is 405. The molecular weight excluding hydrogens is 192 g/mol. The molecule has 0 saturated heterocycles. The SMILES string of the molecule is CC=CC(=O)c1cccc(OC(C)=O)c1. The lowest BCUT2D eigenvalue weighted by Gasteiger charge is -2.02. The number of carbonyl (C=O) groups is 2. The zero-order valence-corrected chi connectivity index (χ0v) is 8.69. The van der Waals surface area contributed by atoms with E-state index in [1.807, 2.05) is 0 Å². The summed E-state index contributed by atoms with van der Waals surface area (Å²) < 4.78 is 4.87. The molecule has 3 heteroatoms. The summed E-state index contributed by atoms with van der Waals surface area (Å²) in [6, 6.07) is 6.53. The first-order valence-electron chi connectivity index (χ1n) is 4.59. The topological polar surface area (TPSA) is 43.4 Å². The predicted octanol–water partition coefficient (Wildman–Crippen LogP) is 2.37. The molecule has 0 heterocycles. The monoisotopic (exact) mass is 204 g/mol. The third-order valence-electron chi connectivity index (χ3n) is 1.70. The van der Waals surface area contributed by atoms with Crippen LogP contribution < -0.4 is 4.74 Å². The lowest BCUT2D eigenvalue weighted by molar-refractivity contribution is -0.131. The molecule has 0 aliphatic carbocycles. The Labute approximate surface area is 88.4 Å². The Hall–Kier alpha value is -1.90. The van der Waals surface area contributed by atoms with E-state index in [-0.39, 0.29) is 5.78 Å². The molecule has 0 radical (unpaired) electrons. The number of allylic oxidation sites excluding steroid dienone is 2. The standard InChI is InChI=1S/C12H12O3/c1-3-5-12(14)10-6-4-7-11(8-10)15-9(2)13/h3-8H,1-2H3. The molecule has 0 aliphatic heterocycles. The maximum atomic E-state index is 11.5. The highest BCUT2D eigenvalue weighted by Gasteiger charge is 2.04. The smallest absolute Gasteiger partial charge is 0.308 e. The van der Waals surface area contributed by atoms with Crippen molar-refractivity contribution in [2.24, 2.45) is 0 Å². The third kappa shape index (κ3) is 3.38. The average molecular weight is 204 g/mol. The molecule has 0 atom stereocenters. The molecule has 0 aliphatic rings. The van der Waals surface area contributed by atoms with Gasteiger partial charge in [0.25, 0.3) is 0 Å². The van der Waals surface area contributed by atoms with Gasteiger partial charge in [-0.15, -0.1) is 0 Å². The fourth-order valence-corrected chi connectivity index (χ4v) is 1.13. The van der Waals surface area contributed by atoms with Crippen LogP contribution in [0.1, 0.15) is 24.2 Å². The van der Waals surface area contributed by atoms with Gasteiger partial charge in [-0.05, 0) is 25.1 Å². The molecule has 0 aromatic heterocycles. The van der Waals surface area contributed by atoms with Gasteiger partial charge in [-0.25, -0.2) is 0 Å². The zero-order chi connectivity index (χ0) is 11.3. The number of esters is 1. The maximum Gasteiger partial charge on any atom is 0.308 e. The fourth-order valence-electron chi connectivity index (χ4n) is 1.13. The van der Waals surface area contributed by atoms with Crippen LogP contribution in [0.4, 0.5) is 0 Å². The van der Waals surface area contributed by atoms with Crippen molar-refractivity contribution in [2.75, 3.05) is 0 Å². The van der Waals surface area contributed by atoms with E-state index in [1.54, 1.807) is 37.3 Å². The normalized spacial score (nSPS) is 10.3. The van der Waals surface area contributed by atoms with E-state index in [0.717, 1.165) is 0 Å². The van der Waals surface area contributed by atoms with Crippen LogP contribution in [0.15, 0.2) is 36.4 Å². The Kier molecular flexibility index (Phi) is 3.80. The second kappa shape index (κ2) is 5.10. The van der Waals surface area contributed by atoms with Crippen molar-refractivity contribution >= 4 is 11.8 Å². The van der Waals surface area contributed by atoms with E-state index >= 15 is 0 Å². The lowest BCUT2D eigenvalue weighted by Crippen LogP contribution is -2.02.